The Bertz CT molecular complexity index is 1800. The molecule has 0 radical (unpaired) electrons. The summed E-state index contributed by atoms with van der Waals surface area (Å²) >= 11 is 0. The van der Waals surface area contributed by atoms with Crippen molar-refractivity contribution in [2.75, 3.05) is 0 Å². The number of hydrogen-bond acceptors (Lipinski definition) is 3. The standard InChI is InChI=1S/C34H31F2NO3S/c1-22-9-19-27(20-10-22)41(39,40)30(21-33(2,3)4)31-28-7-5-6-8-29(28)37-32(31)34(38,23-11-15-25(35)16-12-23)24-13-17-26(36)18-14-24/h5-21,37-38H,1-4H3. The van der Waals surface area contributed by atoms with Gasteiger partial charge in [-0.05, 0) is 65.9 Å². The summed E-state index contributed by atoms with van der Waals surface area (Å²) in [7, 11) is -4.12. The molecule has 0 aliphatic heterocycles. The minimum absolute atomic E-state index is 0.0175. The van der Waals surface area contributed by atoms with Gasteiger partial charge in [-0.2, -0.15) is 0 Å². The second-order valence-electron chi connectivity index (χ2n) is 11.3. The average Bonchev–Trinajstić information content (AvgIpc) is 3.31. The predicted molar refractivity (Wildman–Crippen MR) is 159 cm³/mol. The number of sulfone groups is 1. The van der Waals surface area contributed by atoms with E-state index in [4.69, 9.17) is 0 Å². The zero-order chi connectivity index (χ0) is 29.6. The Balaban J connectivity index is 1.92. The minimum atomic E-state index is -4.12. The Morgan fingerprint density at radius 3 is 1.80 bits per heavy atom. The highest BCUT2D eigenvalue weighted by Crippen LogP contribution is 2.46. The van der Waals surface area contributed by atoms with Crippen LogP contribution in [0.25, 0.3) is 15.8 Å². The number of aromatic amines is 1. The number of nitrogens with one attached hydrogen (secondary N) is 1. The topological polar surface area (TPSA) is 70.2 Å². The van der Waals surface area contributed by atoms with Crippen LogP contribution in [0.4, 0.5) is 8.78 Å². The van der Waals surface area contributed by atoms with E-state index < -0.39 is 32.5 Å². The van der Waals surface area contributed by atoms with E-state index in [1.54, 1.807) is 48.5 Å². The van der Waals surface area contributed by atoms with E-state index in [-0.39, 0.29) is 32.2 Å². The van der Waals surface area contributed by atoms with Crippen LogP contribution in [0, 0.1) is 24.0 Å². The number of para-hydroxylation sites is 1. The first-order valence-corrected chi connectivity index (χ1v) is 14.7. The lowest BCUT2D eigenvalue weighted by Gasteiger charge is -2.31. The van der Waals surface area contributed by atoms with E-state index in [0.29, 0.717) is 10.9 Å². The van der Waals surface area contributed by atoms with Gasteiger partial charge >= 0.3 is 0 Å². The van der Waals surface area contributed by atoms with Crippen molar-refractivity contribution in [3.63, 3.8) is 0 Å². The van der Waals surface area contributed by atoms with Crippen molar-refractivity contribution in [1.82, 2.24) is 4.98 Å². The molecule has 0 spiro atoms. The Morgan fingerprint density at radius 2 is 1.29 bits per heavy atom. The lowest BCUT2D eigenvalue weighted by atomic mass is 9.81. The Kier molecular flexibility index (Phi) is 7.22. The molecular formula is C34H31F2NO3S. The van der Waals surface area contributed by atoms with Crippen molar-refractivity contribution in [2.45, 2.75) is 38.2 Å². The molecular weight excluding hydrogens is 540 g/mol. The number of hydrogen-bond donors (Lipinski definition) is 2. The molecule has 5 rings (SSSR count). The molecule has 7 heteroatoms. The van der Waals surface area contributed by atoms with E-state index in [2.05, 4.69) is 4.98 Å². The van der Waals surface area contributed by atoms with Crippen LogP contribution in [0.5, 0.6) is 0 Å². The molecule has 0 fully saturated rings. The Hall–Kier alpha value is -4.07. The molecule has 0 bridgehead atoms. The number of fused-ring (bicyclic) bond motifs is 1. The second-order valence-corrected chi connectivity index (χ2v) is 13.3. The fraction of sp³-hybridized carbons (Fsp3) is 0.176. The summed E-state index contributed by atoms with van der Waals surface area (Å²) < 4.78 is 57.0. The van der Waals surface area contributed by atoms with Gasteiger partial charge in [-0.25, -0.2) is 17.2 Å². The molecule has 41 heavy (non-hydrogen) atoms. The molecule has 0 aliphatic carbocycles. The van der Waals surface area contributed by atoms with Gasteiger partial charge in [0.1, 0.15) is 11.6 Å². The lowest BCUT2D eigenvalue weighted by Crippen LogP contribution is -2.31. The van der Waals surface area contributed by atoms with Gasteiger partial charge < -0.3 is 10.1 Å². The normalized spacial score (nSPS) is 13.1. The quantitative estimate of drug-likeness (QED) is 0.218. The third kappa shape index (κ3) is 5.35. The van der Waals surface area contributed by atoms with Crippen LogP contribution in [0.2, 0.25) is 0 Å². The van der Waals surface area contributed by atoms with Gasteiger partial charge in [-0.1, -0.05) is 87.0 Å². The van der Waals surface area contributed by atoms with Gasteiger partial charge in [0, 0.05) is 16.5 Å². The van der Waals surface area contributed by atoms with Crippen LogP contribution in [-0.4, -0.2) is 18.5 Å². The number of rotatable bonds is 6. The summed E-state index contributed by atoms with van der Waals surface area (Å²) in [5.41, 5.74) is -0.0564. The van der Waals surface area contributed by atoms with Gasteiger partial charge in [0.2, 0.25) is 9.84 Å². The van der Waals surface area contributed by atoms with Crippen molar-refractivity contribution in [2.24, 2.45) is 5.41 Å². The molecule has 5 aromatic rings. The van der Waals surface area contributed by atoms with E-state index in [0.717, 1.165) is 5.56 Å². The highest BCUT2D eigenvalue weighted by molar-refractivity contribution is 8.00. The van der Waals surface area contributed by atoms with Crippen molar-refractivity contribution < 1.29 is 22.3 Å². The summed E-state index contributed by atoms with van der Waals surface area (Å²) in [5, 5.41) is 13.3. The fourth-order valence-electron chi connectivity index (χ4n) is 5.03. The molecule has 0 aliphatic rings. The molecule has 4 nitrogen and oxygen atoms in total. The molecule has 2 N–H and O–H groups in total. The number of aromatic nitrogens is 1. The van der Waals surface area contributed by atoms with Gasteiger partial charge in [-0.15, -0.1) is 0 Å². The van der Waals surface area contributed by atoms with Crippen LogP contribution in [-0.2, 0) is 15.4 Å². The van der Waals surface area contributed by atoms with E-state index in [1.165, 1.54) is 48.5 Å². The van der Waals surface area contributed by atoms with Crippen LogP contribution >= 0.6 is 0 Å². The molecule has 0 unspecified atom stereocenters. The van der Waals surface area contributed by atoms with Gasteiger partial charge in [0.05, 0.1) is 15.5 Å². The van der Waals surface area contributed by atoms with E-state index >= 15 is 0 Å². The molecule has 1 heterocycles. The average molecular weight is 572 g/mol. The molecule has 0 saturated carbocycles. The van der Waals surface area contributed by atoms with Crippen LogP contribution in [0.15, 0.2) is 108 Å². The molecule has 0 saturated heterocycles. The smallest absolute Gasteiger partial charge is 0.206 e. The van der Waals surface area contributed by atoms with E-state index in [9.17, 15) is 22.3 Å². The largest absolute Gasteiger partial charge is 0.375 e. The number of halogens is 2. The monoisotopic (exact) mass is 571 g/mol. The Morgan fingerprint density at radius 1 is 0.780 bits per heavy atom. The van der Waals surface area contributed by atoms with Crippen LogP contribution in [0.1, 0.15) is 48.7 Å². The zero-order valence-electron chi connectivity index (χ0n) is 23.2. The van der Waals surface area contributed by atoms with Crippen LogP contribution < -0.4 is 0 Å². The second kappa shape index (κ2) is 10.4. The maximum atomic E-state index is 14.4. The van der Waals surface area contributed by atoms with E-state index in [1.807, 2.05) is 33.8 Å². The predicted octanol–water partition coefficient (Wildman–Crippen LogP) is 7.90. The first kappa shape index (κ1) is 28.5. The molecule has 0 atom stereocenters. The summed E-state index contributed by atoms with van der Waals surface area (Å²) in [6, 6.07) is 24.5. The first-order valence-electron chi connectivity index (χ1n) is 13.2. The van der Waals surface area contributed by atoms with Crippen molar-refractivity contribution in [3.8, 4) is 0 Å². The number of aryl methyl sites for hydroxylation is 1. The van der Waals surface area contributed by atoms with Crippen LogP contribution in [0.3, 0.4) is 0 Å². The zero-order valence-corrected chi connectivity index (χ0v) is 24.1. The third-order valence-corrected chi connectivity index (χ3v) is 8.82. The maximum absolute atomic E-state index is 14.4. The Labute approximate surface area is 238 Å². The summed E-state index contributed by atoms with van der Waals surface area (Å²) in [6.07, 6.45) is 1.69. The number of benzene rings is 4. The molecule has 4 aromatic carbocycles. The SMILES string of the molecule is Cc1ccc(S(=O)(=O)C(=CC(C)(C)C)c2c(C(O)(c3ccc(F)cc3)c3ccc(F)cc3)[nH]c3ccccc23)cc1. The highest BCUT2D eigenvalue weighted by atomic mass is 32.2. The maximum Gasteiger partial charge on any atom is 0.206 e. The summed E-state index contributed by atoms with van der Waals surface area (Å²) in [6.45, 7) is 7.58. The summed E-state index contributed by atoms with van der Waals surface area (Å²) in [5.74, 6) is -0.996. The summed E-state index contributed by atoms with van der Waals surface area (Å²) in [4.78, 5) is 3.42. The number of aliphatic hydroxyl groups is 1. The highest BCUT2D eigenvalue weighted by Gasteiger charge is 2.41. The van der Waals surface area contributed by atoms with Crippen molar-refractivity contribution in [3.05, 3.63) is 143 Å². The molecule has 210 valence electrons. The number of H-pyrrole nitrogens is 1. The van der Waals surface area contributed by atoms with Crippen molar-refractivity contribution in [1.29, 1.82) is 0 Å². The first-order chi connectivity index (χ1) is 19.3. The van der Waals surface area contributed by atoms with Crippen molar-refractivity contribution >= 4 is 25.6 Å². The minimum Gasteiger partial charge on any atom is -0.375 e. The molecule has 1 aromatic heterocycles. The number of allylic oxidation sites excluding steroid dienone is 1. The lowest BCUT2D eigenvalue weighted by molar-refractivity contribution is 0.121. The van der Waals surface area contributed by atoms with Gasteiger partial charge in [0.25, 0.3) is 0 Å². The van der Waals surface area contributed by atoms with Gasteiger partial charge in [-0.3, -0.25) is 0 Å². The van der Waals surface area contributed by atoms with Gasteiger partial charge in [0.15, 0.2) is 5.60 Å². The third-order valence-electron chi connectivity index (χ3n) is 7.02. The molecule has 0 amide bonds. The fourth-order valence-corrected chi connectivity index (χ4v) is 6.77.